The van der Waals surface area contributed by atoms with E-state index in [0.717, 1.165) is 42.6 Å². The molecule has 2 heterocycles. The molecule has 0 spiro atoms. The van der Waals surface area contributed by atoms with Crippen LogP contribution in [0.1, 0.15) is 56.7 Å². The van der Waals surface area contributed by atoms with Gasteiger partial charge < -0.3 is 4.90 Å². The first-order valence-corrected chi connectivity index (χ1v) is 10.7. The van der Waals surface area contributed by atoms with E-state index < -0.39 is 0 Å². The van der Waals surface area contributed by atoms with Crippen LogP contribution in [0.15, 0.2) is 35.5 Å². The van der Waals surface area contributed by atoms with Crippen LogP contribution in [-0.2, 0) is 4.79 Å². The third-order valence-corrected chi connectivity index (χ3v) is 6.19. The number of hydrogen-bond donors (Lipinski definition) is 0. The van der Waals surface area contributed by atoms with Gasteiger partial charge in [0, 0.05) is 19.0 Å². The van der Waals surface area contributed by atoms with Crippen LogP contribution in [0.5, 0.6) is 0 Å². The number of amides is 1. The molecule has 0 atom stereocenters. The fourth-order valence-corrected chi connectivity index (χ4v) is 4.67. The Bertz CT molecular complexity index is 734. The Kier molecular flexibility index (Phi) is 5.58. The molecule has 0 N–H and O–H groups in total. The summed E-state index contributed by atoms with van der Waals surface area (Å²) in [6.07, 6.45) is 8.48. The van der Waals surface area contributed by atoms with Gasteiger partial charge in [-0.1, -0.05) is 49.2 Å². The van der Waals surface area contributed by atoms with E-state index >= 15 is 0 Å². The smallest absolute Gasteiger partial charge is 0.233 e. The predicted octanol–water partition coefficient (Wildman–Crippen LogP) is 4.03. The first kappa shape index (κ1) is 17.6. The fraction of sp³-hybridized carbons (Fsp3) is 0.550. The van der Waals surface area contributed by atoms with Gasteiger partial charge in [0.15, 0.2) is 0 Å². The van der Waals surface area contributed by atoms with E-state index in [1.54, 1.807) is 0 Å². The molecule has 5 nitrogen and oxygen atoms in total. The summed E-state index contributed by atoms with van der Waals surface area (Å²) in [5.41, 5.74) is 1.05. The highest BCUT2D eigenvalue weighted by atomic mass is 32.2. The quantitative estimate of drug-likeness (QED) is 0.746. The maximum atomic E-state index is 12.3. The summed E-state index contributed by atoms with van der Waals surface area (Å²) < 4.78 is 2.00. The second-order valence-electron chi connectivity index (χ2n) is 7.21. The second-order valence-corrected chi connectivity index (χ2v) is 8.15. The topological polar surface area (TPSA) is 51.0 Å². The molecule has 1 aromatic carbocycles. The van der Waals surface area contributed by atoms with Crippen LogP contribution in [0.4, 0.5) is 0 Å². The van der Waals surface area contributed by atoms with E-state index in [4.69, 9.17) is 10.1 Å². The molecule has 1 amide bonds. The standard InChI is InChI=1S/C20H26N4OS/c25-18(23-13-7-8-14-23)15-26-20-21-19(16-9-3-1-4-10-16)24(22-20)17-11-5-2-6-12-17/h2,5-6,11-12,16H,1,3-4,7-10,13-15H2. The van der Waals surface area contributed by atoms with Crippen LogP contribution >= 0.6 is 11.8 Å². The van der Waals surface area contributed by atoms with Crippen molar-refractivity contribution < 1.29 is 4.79 Å². The highest BCUT2D eigenvalue weighted by Gasteiger charge is 2.24. The Morgan fingerprint density at radius 2 is 1.77 bits per heavy atom. The molecule has 0 unspecified atom stereocenters. The van der Waals surface area contributed by atoms with Crippen molar-refractivity contribution in [2.24, 2.45) is 0 Å². The molecule has 1 saturated carbocycles. The van der Waals surface area contributed by atoms with Crippen LogP contribution in [0.25, 0.3) is 5.69 Å². The third-order valence-electron chi connectivity index (χ3n) is 5.37. The Morgan fingerprint density at radius 1 is 1.04 bits per heavy atom. The minimum Gasteiger partial charge on any atom is -0.342 e. The molecular weight excluding hydrogens is 344 g/mol. The first-order chi connectivity index (χ1) is 12.8. The van der Waals surface area contributed by atoms with Crippen molar-refractivity contribution in [2.45, 2.75) is 56.0 Å². The van der Waals surface area contributed by atoms with Gasteiger partial charge in [-0.05, 0) is 37.8 Å². The Morgan fingerprint density at radius 3 is 2.50 bits per heavy atom. The molecule has 0 radical (unpaired) electrons. The van der Waals surface area contributed by atoms with Crippen molar-refractivity contribution >= 4 is 17.7 Å². The highest BCUT2D eigenvalue weighted by molar-refractivity contribution is 7.99. The lowest BCUT2D eigenvalue weighted by molar-refractivity contribution is -0.127. The Labute approximate surface area is 159 Å². The van der Waals surface area contributed by atoms with Crippen molar-refractivity contribution in [1.82, 2.24) is 19.7 Å². The van der Waals surface area contributed by atoms with Crippen LogP contribution in [0, 0.1) is 0 Å². The minimum absolute atomic E-state index is 0.211. The van der Waals surface area contributed by atoms with Crippen molar-refractivity contribution in [3.63, 3.8) is 0 Å². The molecule has 1 aliphatic heterocycles. The predicted molar refractivity (Wildman–Crippen MR) is 104 cm³/mol. The lowest BCUT2D eigenvalue weighted by Crippen LogP contribution is -2.29. The largest absolute Gasteiger partial charge is 0.342 e. The number of aromatic nitrogens is 3. The summed E-state index contributed by atoms with van der Waals surface area (Å²) in [5.74, 6) is 2.18. The Hall–Kier alpha value is -1.82. The van der Waals surface area contributed by atoms with Gasteiger partial charge in [0.1, 0.15) is 5.82 Å². The minimum atomic E-state index is 0.211. The highest BCUT2D eigenvalue weighted by Crippen LogP contribution is 2.33. The van der Waals surface area contributed by atoms with Crippen molar-refractivity contribution in [1.29, 1.82) is 0 Å². The summed E-state index contributed by atoms with van der Waals surface area (Å²) in [7, 11) is 0. The van der Waals surface area contributed by atoms with E-state index in [2.05, 4.69) is 12.1 Å². The molecule has 1 aliphatic carbocycles. The van der Waals surface area contributed by atoms with Gasteiger partial charge in [0.2, 0.25) is 11.1 Å². The molecule has 4 rings (SSSR count). The molecule has 2 fully saturated rings. The number of likely N-dealkylation sites (tertiary alicyclic amines) is 1. The average Bonchev–Trinajstić information content (AvgIpc) is 3.38. The van der Waals surface area contributed by atoms with Crippen molar-refractivity contribution in [3.05, 3.63) is 36.2 Å². The van der Waals surface area contributed by atoms with E-state index in [9.17, 15) is 4.79 Å². The first-order valence-electron chi connectivity index (χ1n) is 9.74. The van der Waals surface area contributed by atoms with E-state index in [-0.39, 0.29) is 5.91 Å². The lowest BCUT2D eigenvalue weighted by atomic mass is 9.88. The van der Waals surface area contributed by atoms with E-state index in [0.29, 0.717) is 11.7 Å². The van der Waals surface area contributed by atoms with Gasteiger partial charge in [0.25, 0.3) is 0 Å². The molecule has 2 aliphatic rings. The molecule has 138 valence electrons. The summed E-state index contributed by atoms with van der Waals surface area (Å²) in [6, 6.07) is 10.2. The monoisotopic (exact) mass is 370 g/mol. The van der Waals surface area contributed by atoms with Gasteiger partial charge in [-0.3, -0.25) is 4.79 Å². The summed E-state index contributed by atoms with van der Waals surface area (Å²) >= 11 is 1.47. The van der Waals surface area contributed by atoms with Crippen LogP contribution < -0.4 is 0 Å². The Balaban J connectivity index is 1.53. The molecular formula is C20H26N4OS. The number of nitrogens with zero attached hydrogens (tertiary/aromatic N) is 4. The molecule has 6 heteroatoms. The van der Waals surface area contributed by atoms with Crippen LogP contribution in [0.2, 0.25) is 0 Å². The number of carbonyl (C=O) groups is 1. The zero-order valence-electron chi connectivity index (χ0n) is 15.1. The summed E-state index contributed by atoms with van der Waals surface area (Å²) in [4.78, 5) is 19.1. The van der Waals surface area contributed by atoms with Gasteiger partial charge in [-0.15, -0.1) is 5.10 Å². The second kappa shape index (κ2) is 8.25. The zero-order chi connectivity index (χ0) is 17.8. The average molecular weight is 371 g/mol. The van der Waals surface area contributed by atoms with Gasteiger partial charge in [-0.2, -0.15) is 0 Å². The van der Waals surface area contributed by atoms with E-state index in [1.807, 2.05) is 27.8 Å². The molecule has 2 aromatic rings. The third kappa shape index (κ3) is 3.95. The summed E-state index contributed by atoms with van der Waals surface area (Å²) in [5, 5.41) is 5.48. The fourth-order valence-electron chi connectivity index (χ4n) is 3.93. The number of thioether (sulfide) groups is 1. The molecule has 1 aromatic heterocycles. The van der Waals surface area contributed by atoms with Gasteiger partial charge >= 0.3 is 0 Å². The van der Waals surface area contributed by atoms with Gasteiger partial charge in [-0.25, -0.2) is 9.67 Å². The normalized spacial score (nSPS) is 18.4. The van der Waals surface area contributed by atoms with Crippen LogP contribution in [0.3, 0.4) is 0 Å². The maximum Gasteiger partial charge on any atom is 0.233 e. The molecule has 26 heavy (non-hydrogen) atoms. The molecule has 1 saturated heterocycles. The van der Waals surface area contributed by atoms with Crippen molar-refractivity contribution in [3.8, 4) is 5.69 Å². The maximum absolute atomic E-state index is 12.3. The van der Waals surface area contributed by atoms with E-state index in [1.165, 1.54) is 43.9 Å². The zero-order valence-corrected chi connectivity index (χ0v) is 16.0. The SMILES string of the molecule is O=C(CSc1nc(C2CCCCC2)n(-c2ccccc2)n1)N1CCCC1. The van der Waals surface area contributed by atoms with Crippen LogP contribution in [-0.4, -0.2) is 44.4 Å². The molecule has 0 bridgehead atoms. The summed E-state index contributed by atoms with van der Waals surface area (Å²) in [6.45, 7) is 1.80. The lowest BCUT2D eigenvalue weighted by Gasteiger charge is -2.21. The number of benzene rings is 1. The van der Waals surface area contributed by atoms with Crippen molar-refractivity contribution in [2.75, 3.05) is 18.8 Å². The number of carbonyl (C=O) groups excluding carboxylic acids is 1. The number of rotatable bonds is 5. The van der Waals surface area contributed by atoms with Gasteiger partial charge in [0.05, 0.1) is 11.4 Å². The number of para-hydroxylation sites is 1. The number of hydrogen-bond acceptors (Lipinski definition) is 4.